The number of hydrogen-bond donors (Lipinski definition) is 1. The first-order valence-corrected chi connectivity index (χ1v) is 5.90. The first-order chi connectivity index (χ1) is 6.86. The Bertz CT molecular complexity index is 250. The van der Waals surface area contributed by atoms with Crippen LogP contribution in [0.25, 0.3) is 0 Å². The number of nitrogens with zero attached hydrogens (tertiary/aromatic N) is 1. The van der Waals surface area contributed by atoms with Crippen LogP contribution in [0.5, 0.6) is 0 Å². The van der Waals surface area contributed by atoms with Crippen molar-refractivity contribution in [1.82, 2.24) is 10.2 Å². The van der Waals surface area contributed by atoms with E-state index in [1.807, 2.05) is 0 Å². The first-order valence-electron chi connectivity index (χ1n) is 5.90. The van der Waals surface area contributed by atoms with E-state index in [0.29, 0.717) is 23.9 Å². The average Bonchev–Trinajstić information content (AvgIpc) is 2.94. The summed E-state index contributed by atoms with van der Waals surface area (Å²) in [6, 6.07) is 1.13. The highest BCUT2D eigenvalue weighted by Gasteiger charge is 2.41. The Hall–Kier alpha value is -0.570. The van der Waals surface area contributed by atoms with Crippen LogP contribution in [0.2, 0.25) is 0 Å². The van der Waals surface area contributed by atoms with Gasteiger partial charge in [-0.1, -0.05) is 0 Å². The SMILES string of the molecule is O=C(C1CC1)N1CCNC2CCCC21. The zero-order valence-electron chi connectivity index (χ0n) is 8.54. The van der Waals surface area contributed by atoms with Crippen molar-refractivity contribution >= 4 is 5.91 Å². The minimum absolute atomic E-state index is 0.398. The second kappa shape index (κ2) is 3.23. The lowest BCUT2D eigenvalue weighted by Crippen LogP contribution is -2.57. The maximum Gasteiger partial charge on any atom is 0.226 e. The smallest absolute Gasteiger partial charge is 0.226 e. The maximum atomic E-state index is 12.0. The largest absolute Gasteiger partial charge is 0.337 e. The Morgan fingerprint density at radius 1 is 1.21 bits per heavy atom. The normalized spacial score (nSPS) is 37.0. The lowest BCUT2D eigenvalue weighted by molar-refractivity contribution is -0.136. The van der Waals surface area contributed by atoms with Gasteiger partial charge in [-0.2, -0.15) is 0 Å². The van der Waals surface area contributed by atoms with Crippen molar-refractivity contribution in [3.63, 3.8) is 0 Å². The van der Waals surface area contributed by atoms with Crippen LogP contribution in [0, 0.1) is 5.92 Å². The minimum atomic E-state index is 0.398. The molecule has 0 aromatic rings. The standard InChI is InChI=1S/C11H18N2O/c14-11(8-4-5-8)13-7-6-12-9-2-1-3-10(9)13/h8-10,12H,1-7H2. The Morgan fingerprint density at radius 3 is 2.86 bits per heavy atom. The molecule has 1 N–H and O–H groups in total. The van der Waals surface area contributed by atoms with Crippen molar-refractivity contribution < 1.29 is 4.79 Å². The predicted molar refractivity (Wildman–Crippen MR) is 53.9 cm³/mol. The zero-order valence-corrected chi connectivity index (χ0v) is 8.54. The van der Waals surface area contributed by atoms with Crippen LogP contribution in [0.15, 0.2) is 0 Å². The molecule has 2 aliphatic carbocycles. The summed E-state index contributed by atoms with van der Waals surface area (Å²) in [6.45, 7) is 1.94. The summed E-state index contributed by atoms with van der Waals surface area (Å²) in [5.41, 5.74) is 0. The summed E-state index contributed by atoms with van der Waals surface area (Å²) >= 11 is 0. The van der Waals surface area contributed by atoms with E-state index in [2.05, 4.69) is 10.2 Å². The molecule has 78 valence electrons. The van der Waals surface area contributed by atoms with E-state index in [-0.39, 0.29) is 0 Å². The number of amides is 1. The Morgan fingerprint density at radius 2 is 2.07 bits per heavy atom. The van der Waals surface area contributed by atoms with Crippen LogP contribution in [-0.2, 0) is 4.79 Å². The van der Waals surface area contributed by atoms with E-state index in [1.165, 1.54) is 19.3 Å². The van der Waals surface area contributed by atoms with E-state index in [4.69, 9.17) is 0 Å². The molecule has 0 radical (unpaired) electrons. The Balaban J connectivity index is 1.73. The summed E-state index contributed by atoms with van der Waals surface area (Å²) in [7, 11) is 0. The minimum Gasteiger partial charge on any atom is -0.337 e. The number of fused-ring (bicyclic) bond motifs is 1. The average molecular weight is 194 g/mol. The number of piperazine rings is 1. The molecule has 1 heterocycles. The van der Waals surface area contributed by atoms with Gasteiger partial charge in [0.15, 0.2) is 0 Å². The molecule has 0 bridgehead atoms. The molecule has 2 atom stereocenters. The number of carbonyl (C=O) groups is 1. The van der Waals surface area contributed by atoms with Crippen LogP contribution < -0.4 is 5.32 Å². The van der Waals surface area contributed by atoms with Gasteiger partial charge in [-0.25, -0.2) is 0 Å². The van der Waals surface area contributed by atoms with Gasteiger partial charge < -0.3 is 10.2 Å². The number of nitrogens with one attached hydrogen (secondary N) is 1. The van der Waals surface area contributed by atoms with Gasteiger partial charge >= 0.3 is 0 Å². The van der Waals surface area contributed by atoms with E-state index < -0.39 is 0 Å². The quantitative estimate of drug-likeness (QED) is 0.668. The van der Waals surface area contributed by atoms with Crippen molar-refractivity contribution in [2.45, 2.75) is 44.2 Å². The third-order valence-corrected chi connectivity index (χ3v) is 3.85. The third-order valence-electron chi connectivity index (χ3n) is 3.85. The summed E-state index contributed by atoms with van der Waals surface area (Å²) in [5.74, 6) is 0.845. The Kier molecular flexibility index (Phi) is 2.01. The van der Waals surface area contributed by atoms with Crippen LogP contribution in [-0.4, -0.2) is 36.0 Å². The van der Waals surface area contributed by atoms with Gasteiger partial charge in [-0.3, -0.25) is 4.79 Å². The Labute approximate surface area is 84.8 Å². The van der Waals surface area contributed by atoms with Gasteiger partial charge in [0, 0.05) is 31.1 Å². The highest BCUT2D eigenvalue weighted by molar-refractivity contribution is 5.81. The maximum absolute atomic E-state index is 12.0. The van der Waals surface area contributed by atoms with Crippen LogP contribution >= 0.6 is 0 Å². The summed E-state index contributed by atoms with van der Waals surface area (Å²) < 4.78 is 0. The highest BCUT2D eigenvalue weighted by Crippen LogP contribution is 2.35. The van der Waals surface area contributed by atoms with Crippen LogP contribution in [0.3, 0.4) is 0 Å². The van der Waals surface area contributed by atoms with Crippen molar-refractivity contribution in [2.75, 3.05) is 13.1 Å². The first kappa shape index (κ1) is 8.72. The molecule has 3 rings (SSSR count). The molecule has 3 fully saturated rings. The number of hydrogen-bond acceptors (Lipinski definition) is 2. The van der Waals surface area contributed by atoms with E-state index in [1.54, 1.807) is 0 Å². The molecule has 2 unspecified atom stereocenters. The molecule has 0 aromatic carbocycles. The molecule has 0 aromatic heterocycles. The molecule has 0 spiro atoms. The molecule has 1 aliphatic heterocycles. The fourth-order valence-electron chi connectivity index (χ4n) is 2.93. The second-order valence-corrected chi connectivity index (χ2v) is 4.86. The third kappa shape index (κ3) is 1.34. The molecule has 3 nitrogen and oxygen atoms in total. The molecule has 3 heteroatoms. The lowest BCUT2D eigenvalue weighted by Gasteiger charge is -2.38. The molecule has 14 heavy (non-hydrogen) atoms. The summed E-state index contributed by atoms with van der Waals surface area (Å²) in [5, 5.41) is 3.53. The molecule has 1 amide bonds. The molecule has 2 saturated carbocycles. The lowest BCUT2D eigenvalue weighted by atomic mass is 10.1. The van der Waals surface area contributed by atoms with Crippen LogP contribution in [0.4, 0.5) is 0 Å². The summed E-state index contributed by atoms with van der Waals surface area (Å²) in [6.07, 6.45) is 6.05. The number of rotatable bonds is 1. The predicted octanol–water partition coefficient (Wildman–Crippen LogP) is 0.749. The van der Waals surface area contributed by atoms with E-state index >= 15 is 0 Å². The zero-order chi connectivity index (χ0) is 9.54. The summed E-state index contributed by atoms with van der Waals surface area (Å²) in [4.78, 5) is 14.2. The van der Waals surface area contributed by atoms with Crippen molar-refractivity contribution in [1.29, 1.82) is 0 Å². The van der Waals surface area contributed by atoms with Gasteiger partial charge in [0.2, 0.25) is 5.91 Å². The van der Waals surface area contributed by atoms with Crippen molar-refractivity contribution in [2.24, 2.45) is 5.92 Å². The molecule has 1 saturated heterocycles. The van der Waals surface area contributed by atoms with E-state index in [9.17, 15) is 4.79 Å². The van der Waals surface area contributed by atoms with Gasteiger partial charge in [0.05, 0.1) is 0 Å². The van der Waals surface area contributed by atoms with Crippen molar-refractivity contribution in [3.05, 3.63) is 0 Å². The molecule has 3 aliphatic rings. The fraction of sp³-hybridized carbons (Fsp3) is 0.909. The van der Waals surface area contributed by atoms with Gasteiger partial charge in [-0.05, 0) is 32.1 Å². The molecular weight excluding hydrogens is 176 g/mol. The topological polar surface area (TPSA) is 32.3 Å². The monoisotopic (exact) mass is 194 g/mol. The second-order valence-electron chi connectivity index (χ2n) is 4.86. The van der Waals surface area contributed by atoms with Gasteiger partial charge in [0.25, 0.3) is 0 Å². The fourth-order valence-corrected chi connectivity index (χ4v) is 2.93. The van der Waals surface area contributed by atoms with Gasteiger partial charge in [-0.15, -0.1) is 0 Å². The highest BCUT2D eigenvalue weighted by atomic mass is 16.2. The van der Waals surface area contributed by atoms with Crippen LogP contribution in [0.1, 0.15) is 32.1 Å². The van der Waals surface area contributed by atoms with E-state index in [0.717, 1.165) is 25.9 Å². The van der Waals surface area contributed by atoms with Crippen molar-refractivity contribution in [3.8, 4) is 0 Å². The number of carbonyl (C=O) groups excluding carboxylic acids is 1. The molecular formula is C11H18N2O. The van der Waals surface area contributed by atoms with Gasteiger partial charge in [0.1, 0.15) is 0 Å².